The molecule has 5 heteroatoms. The van der Waals surface area contributed by atoms with E-state index in [2.05, 4.69) is 0 Å². The highest BCUT2D eigenvalue weighted by atomic mass is 16.5. The van der Waals surface area contributed by atoms with E-state index in [4.69, 9.17) is 14.2 Å². The van der Waals surface area contributed by atoms with E-state index in [9.17, 15) is 9.59 Å². The lowest BCUT2D eigenvalue weighted by atomic mass is 9.82. The predicted molar refractivity (Wildman–Crippen MR) is 130 cm³/mol. The van der Waals surface area contributed by atoms with E-state index in [1.807, 2.05) is 76.2 Å². The Bertz CT molecular complexity index is 772. The number of para-hydroxylation sites is 1. The molecule has 0 aromatic heterocycles. The van der Waals surface area contributed by atoms with Crippen molar-refractivity contribution in [2.45, 2.75) is 53.4 Å². The Morgan fingerprint density at radius 1 is 0.697 bits per heavy atom. The lowest BCUT2D eigenvalue weighted by Crippen LogP contribution is -2.30. The zero-order valence-electron chi connectivity index (χ0n) is 20.5. The molecule has 0 aliphatic heterocycles. The van der Waals surface area contributed by atoms with Crippen molar-refractivity contribution in [2.24, 2.45) is 10.8 Å². The summed E-state index contributed by atoms with van der Waals surface area (Å²) >= 11 is 0. The van der Waals surface area contributed by atoms with Crippen molar-refractivity contribution in [1.82, 2.24) is 0 Å². The predicted octanol–water partition coefficient (Wildman–Crippen LogP) is 5.66. The number of benzene rings is 2. The fourth-order valence-electron chi connectivity index (χ4n) is 3.12. The zero-order valence-corrected chi connectivity index (χ0v) is 20.5. The molecule has 0 saturated heterocycles. The van der Waals surface area contributed by atoms with Gasteiger partial charge in [0, 0.05) is 38.3 Å². The number of hydrogen-bond acceptors (Lipinski definition) is 5. The molecule has 0 heterocycles. The average molecular weight is 455 g/mol. The monoisotopic (exact) mass is 454 g/mol. The second kappa shape index (κ2) is 13.3. The van der Waals surface area contributed by atoms with Crippen molar-refractivity contribution in [1.29, 1.82) is 0 Å². The van der Waals surface area contributed by atoms with Gasteiger partial charge in [-0.2, -0.15) is 0 Å². The molecule has 0 spiro atoms. The van der Waals surface area contributed by atoms with Crippen molar-refractivity contribution < 1.29 is 23.8 Å². The molecule has 0 aliphatic carbocycles. The van der Waals surface area contributed by atoms with Crippen molar-refractivity contribution in [3.63, 3.8) is 0 Å². The fourth-order valence-corrected chi connectivity index (χ4v) is 3.12. The summed E-state index contributed by atoms with van der Waals surface area (Å²) in [5.41, 5.74) is 0.0152. The summed E-state index contributed by atoms with van der Waals surface area (Å²) in [6, 6.07) is 18.9. The first-order valence-corrected chi connectivity index (χ1v) is 11.7. The maximum Gasteiger partial charge on any atom is 0.316 e. The first-order valence-electron chi connectivity index (χ1n) is 11.7. The van der Waals surface area contributed by atoms with Crippen molar-refractivity contribution in [2.75, 3.05) is 26.4 Å². The van der Waals surface area contributed by atoms with Gasteiger partial charge in [0.1, 0.15) is 11.5 Å². The number of rotatable bonds is 15. The molecule has 2 aromatic carbocycles. The SMILES string of the molecule is CC(C)(CCOCCCOCCC(C)(C)C(=O)Oc1ccccc1)C(=O)Cc1ccccc1. The van der Waals surface area contributed by atoms with Crippen molar-refractivity contribution in [3.8, 4) is 5.75 Å². The van der Waals surface area contributed by atoms with Gasteiger partial charge in [-0.05, 0) is 50.8 Å². The molecule has 2 rings (SSSR count). The highest BCUT2D eigenvalue weighted by Gasteiger charge is 2.29. The van der Waals surface area contributed by atoms with Crippen molar-refractivity contribution >= 4 is 11.8 Å². The molecule has 5 nitrogen and oxygen atoms in total. The third kappa shape index (κ3) is 9.89. The summed E-state index contributed by atoms with van der Waals surface area (Å²) < 4.78 is 16.8. The van der Waals surface area contributed by atoms with Crippen LogP contribution in [-0.2, 0) is 25.5 Å². The van der Waals surface area contributed by atoms with E-state index in [0.29, 0.717) is 51.4 Å². The van der Waals surface area contributed by atoms with Crippen LogP contribution in [0.1, 0.15) is 52.5 Å². The van der Waals surface area contributed by atoms with Gasteiger partial charge in [-0.3, -0.25) is 9.59 Å². The second-order valence-electron chi connectivity index (χ2n) is 9.63. The van der Waals surface area contributed by atoms with Gasteiger partial charge < -0.3 is 14.2 Å². The Hall–Kier alpha value is -2.50. The van der Waals surface area contributed by atoms with Gasteiger partial charge in [0.15, 0.2) is 0 Å². The largest absolute Gasteiger partial charge is 0.426 e. The minimum atomic E-state index is -0.621. The molecule has 0 saturated carbocycles. The fraction of sp³-hybridized carbons (Fsp3) is 0.500. The number of carbonyl (C=O) groups is 2. The van der Waals surface area contributed by atoms with Gasteiger partial charge >= 0.3 is 5.97 Å². The standard InChI is InChI=1S/C28H38O5/c1-27(2,25(29)22-23-12-7-5-8-13-23)16-20-31-18-11-19-32-21-17-28(3,4)26(30)33-24-14-9-6-10-15-24/h5-10,12-15H,11,16-22H2,1-4H3. The second-order valence-corrected chi connectivity index (χ2v) is 9.63. The van der Waals surface area contributed by atoms with Crippen LogP contribution in [0.5, 0.6) is 5.75 Å². The number of ketones is 1. The molecule has 0 bridgehead atoms. The summed E-state index contributed by atoms with van der Waals surface area (Å²) in [6.45, 7) is 9.88. The zero-order chi connectivity index (χ0) is 24.2. The van der Waals surface area contributed by atoms with Gasteiger partial charge in [-0.25, -0.2) is 0 Å². The van der Waals surface area contributed by atoms with Crippen LogP contribution < -0.4 is 4.74 Å². The molecule has 0 aliphatic rings. The third-order valence-electron chi connectivity index (χ3n) is 5.79. The van der Waals surface area contributed by atoms with E-state index < -0.39 is 10.8 Å². The maximum absolute atomic E-state index is 12.6. The highest BCUT2D eigenvalue weighted by molar-refractivity contribution is 5.86. The van der Waals surface area contributed by atoms with Crippen LogP contribution in [0.3, 0.4) is 0 Å². The normalized spacial score (nSPS) is 11.9. The highest BCUT2D eigenvalue weighted by Crippen LogP contribution is 2.25. The Morgan fingerprint density at radius 2 is 1.21 bits per heavy atom. The first-order chi connectivity index (χ1) is 15.7. The molecular formula is C28H38O5. The molecule has 0 atom stereocenters. The quantitative estimate of drug-likeness (QED) is 0.197. The Labute approximate surface area is 198 Å². The van der Waals surface area contributed by atoms with E-state index >= 15 is 0 Å². The van der Waals surface area contributed by atoms with E-state index in [1.54, 1.807) is 12.1 Å². The number of Topliss-reactive ketones (excluding diaryl/α,β-unsaturated/α-hetero) is 1. The van der Waals surface area contributed by atoms with Crippen LogP contribution in [0, 0.1) is 10.8 Å². The number of carbonyl (C=O) groups excluding carboxylic acids is 2. The summed E-state index contributed by atoms with van der Waals surface area (Å²) in [5.74, 6) is 0.526. The van der Waals surface area contributed by atoms with Gasteiger partial charge in [-0.15, -0.1) is 0 Å². The third-order valence-corrected chi connectivity index (χ3v) is 5.79. The summed E-state index contributed by atoms with van der Waals surface area (Å²) in [6.07, 6.45) is 2.50. The Morgan fingerprint density at radius 3 is 1.79 bits per heavy atom. The van der Waals surface area contributed by atoms with Crippen LogP contribution in [0.4, 0.5) is 0 Å². The first kappa shape index (κ1) is 26.7. The number of ether oxygens (including phenoxy) is 3. The number of hydrogen-bond donors (Lipinski definition) is 0. The minimum absolute atomic E-state index is 0.231. The molecule has 180 valence electrons. The van der Waals surface area contributed by atoms with Crippen molar-refractivity contribution in [3.05, 3.63) is 66.2 Å². The molecule has 33 heavy (non-hydrogen) atoms. The molecule has 2 aromatic rings. The molecule has 0 amide bonds. The molecule has 0 fully saturated rings. The van der Waals surface area contributed by atoms with Crippen LogP contribution in [0.15, 0.2) is 60.7 Å². The lowest BCUT2D eigenvalue weighted by Gasteiger charge is -2.23. The molecular weight excluding hydrogens is 416 g/mol. The van der Waals surface area contributed by atoms with E-state index in [-0.39, 0.29) is 11.8 Å². The topological polar surface area (TPSA) is 61.8 Å². The summed E-state index contributed by atoms with van der Waals surface area (Å²) in [4.78, 5) is 25.0. The van der Waals surface area contributed by atoms with Crippen LogP contribution >= 0.6 is 0 Å². The Balaban J connectivity index is 1.54. The summed E-state index contributed by atoms with van der Waals surface area (Å²) in [7, 11) is 0. The molecule has 0 N–H and O–H groups in total. The van der Waals surface area contributed by atoms with Crippen LogP contribution in [0.2, 0.25) is 0 Å². The molecule has 0 unspecified atom stereocenters. The molecule has 0 radical (unpaired) electrons. The lowest BCUT2D eigenvalue weighted by molar-refractivity contribution is -0.145. The Kier molecular flexibility index (Phi) is 10.8. The van der Waals surface area contributed by atoms with Crippen LogP contribution in [0.25, 0.3) is 0 Å². The van der Waals surface area contributed by atoms with Gasteiger partial charge in [0.05, 0.1) is 5.41 Å². The van der Waals surface area contributed by atoms with Crippen LogP contribution in [-0.4, -0.2) is 38.2 Å². The van der Waals surface area contributed by atoms with E-state index in [0.717, 1.165) is 12.0 Å². The maximum atomic E-state index is 12.6. The van der Waals surface area contributed by atoms with Gasteiger partial charge in [-0.1, -0.05) is 62.4 Å². The minimum Gasteiger partial charge on any atom is -0.426 e. The number of esters is 1. The average Bonchev–Trinajstić information content (AvgIpc) is 2.79. The van der Waals surface area contributed by atoms with Gasteiger partial charge in [0.25, 0.3) is 0 Å². The van der Waals surface area contributed by atoms with E-state index in [1.165, 1.54) is 0 Å². The van der Waals surface area contributed by atoms with Gasteiger partial charge in [0.2, 0.25) is 0 Å². The smallest absolute Gasteiger partial charge is 0.316 e. The summed E-state index contributed by atoms with van der Waals surface area (Å²) in [5, 5.41) is 0.